The number of fused-ring (bicyclic) bond motifs is 1. The fourth-order valence-corrected chi connectivity index (χ4v) is 2.27. The van der Waals surface area contributed by atoms with E-state index in [1.165, 1.54) is 0 Å². The van der Waals surface area contributed by atoms with Crippen LogP contribution in [0.2, 0.25) is 0 Å². The summed E-state index contributed by atoms with van der Waals surface area (Å²) in [6.07, 6.45) is 8.93. The Balaban J connectivity index is 1.76. The zero-order chi connectivity index (χ0) is 12.4. The van der Waals surface area contributed by atoms with Crippen molar-refractivity contribution in [2.75, 3.05) is 0 Å². The monoisotopic (exact) mass is 241 g/mol. The van der Waals surface area contributed by atoms with Crippen LogP contribution >= 0.6 is 0 Å². The Bertz CT molecular complexity index is 600. The number of allylic oxidation sites excluding steroid dienone is 1. The van der Waals surface area contributed by atoms with Crippen LogP contribution < -0.4 is 5.32 Å². The fraction of sp³-hybridized carbons (Fsp3) is 0.286. The first kappa shape index (κ1) is 11.0. The zero-order valence-corrected chi connectivity index (χ0v) is 10.0. The summed E-state index contributed by atoms with van der Waals surface area (Å²) in [6.45, 7) is 0. The van der Waals surface area contributed by atoms with E-state index in [0.29, 0.717) is 5.56 Å². The van der Waals surface area contributed by atoms with Crippen molar-refractivity contribution < 1.29 is 4.79 Å². The molecular formula is C14H15N3O. The highest BCUT2D eigenvalue weighted by Crippen LogP contribution is 2.14. The molecule has 1 aliphatic rings. The van der Waals surface area contributed by atoms with Gasteiger partial charge in [-0.1, -0.05) is 12.2 Å². The Morgan fingerprint density at radius 2 is 2.33 bits per heavy atom. The summed E-state index contributed by atoms with van der Waals surface area (Å²) in [7, 11) is 0. The minimum absolute atomic E-state index is 0.00759. The van der Waals surface area contributed by atoms with Crippen molar-refractivity contribution in [2.45, 2.75) is 25.3 Å². The molecule has 0 saturated heterocycles. The number of aromatic amines is 1. The molecule has 1 heterocycles. The molecule has 0 fully saturated rings. The topological polar surface area (TPSA) is 57.8 Å². The van der Waals surface area contributed by atoms with Crippen LogP contribution in [0.1, 0.15) is 29.6 Å². The third-order valence-corrected chi connectivity index (χ3v) is 3.29. The number of benzene rings is 1. The van der Waals surface area contributed by atoms with Gasteiger partial charge in [-0.2, -0.15) is 0 Å². The minimum atomic E-state index is -0.00759. The van der Waals surface area contributed by atoms with Crippen LogP contribution in [0.5, 0.6) is 0 Å². The molecule has 0 saturated carbocycles. The number of nitrogens with one attached hydrogen (secondary N) is 2. The number of nitrogens with zero attached hydrogens (tertiary/aromatic N) is 1. The van der Waals surface area contributed by atoms with Gasteiger partial charge in [0.15, 0.2) is 0 Å². The maximum absolute atomic E-state index is 12.1. The normalized spacial score (nSPS) is 19.0. The zero-order valence-electron chi connectivity index (χ0n) is 10.0. The van der Waals surface area contributed by atoms with E-state index in [4.69, 9.17) is 0 Å². The maximum Gasteiger partial charge on any atom is 0.251 e. The van der Waals surface area contributed by atoms with Crippen molar-refractivity contribution in [3.8, 4) is 0 Å². The van der Waals surface area contributed by atoms with E-state index < -0.39 is 0 Å². The van der Waals surface area contributed by atoms with Gasteiger partial charge in [0.1, 0.15) is 0 Å². The Labute approximate surface area is 105 Å². The third-order valence-electron chi connectivity index (χ3n) is 3.29. The van der Waals surface area contributed by atoms with Crippen molar-refractivity contribution >= 4 is 16.9 Å². The molecule has 4 heteroatoms. The Morgan fingerprint density at radius 1 is 1.39 bits per heavy atom. The molecule has 2 aromatic rings. The predicted molar refractivity (Wildman–Crippen MR) is 70.3 cm³/mol. The van der Waals surface area contributed by atoms with Crippen molar-refractivity contribution in [2.24, 2.45) is 0 Å². The quantitative estimate of drug-likeness (QED) is 0.793. The van der Waals surface area contributed by atoms with Gasteiger partial charge in [-0.15, -0.1) is 0 Å². The van der Waals surface area contributed by atoms with Gasteiger partial charge in [0.25, 0.3) is 5.91 Å². The first-order valence-corrected chi connectivity index (χ1v) is 6.22. The lowest BCUT2D eigenvalue weighted by Gasteiger charge is -2.19. The minimum Gasteiger partial charge on any atom is -0.349 e. The summed E-state index contributed by atoms with van der Waals surface area (Å²) >= 11 is 0. The van der Waals surface area contributed by atoms with Crippen LogP contribution in [0.3, 0.4) is 0 Å². The Kier molecular flexibility index (Phi) is 2.84. The molecule has 1 aromatic carbocycles. The summed E-state index contributed by atoms with van der Waals surface area (Å²) in [4.78, 5) is 19.3. The van der Waals surface area contributed by atoms with Gasteiger partial charge < -0.3 is 10.3 Å². The molecule has 18 heavy (non-hydrogen) atoms. The van der Waals surface area contributed by atoms with Crippen LogP contribution in [0.15, 0.2) is 36.7 Å². The molecule has 92 valence electrons. The van der Waals surface area contributed by atoms with E-state index in [0.717, 1.165) is 30.3 Å². The molecule has 1 aromatic heterocycles. The van der Waals surface area contributed by atoms with Gasteiger partial charge >= 0.3 is 0 Å². The van der Waals surface area contributed by atoms with E-state index in [1.54, 1.807) is 6.33 Å². The van der Waals surface area contributed by atoms with Crippen LogP contribution in [0.4, 0.5) is 0 Å². The van der Waals surface area contributed by atoms with Crippen LogP contribution in [0, 0.1) is 0 Å². The number of imidazole rings is 1. The summed E-state index contributed by atoms with van der Waals surface area (Å²) in [5.41, 5.74) is 2.46. The number of aromatic nitrogens is 2. The van der Waals surface area contributed by atoms with Crippen molar-refractivity contribution in [3.63, 3.8) is 0 Å². The molecule has 1 atom stereocenters. The fourth-order valence-electron chi connectivity index (χ4n) is 2.27. The predicted octanol–water partition coefficient (Wildman–Crippen LogP) is 2.40. The lowest BCUT2D eigenvalue weighted by Crippen LogP contribution is -2.35. The van der Waals surface area contributed by atoms with Gasteiger partial charge in [0.2, 0.25) is 0 Å². The number of H-pyrrole nitrogens is 1. The number of hydrogen-bond acceptors (Lipinski definition) is 2. The van der Waals surface area contributed by atoms with Crippen molar-refractivity contribution in [3.05, 3.63) is 42.2 Å². The number of rotatable bonds is 2. The van der Waals surface area contributed by atoms with Crippen LogP contribution in [-0.4, -0.2) is 21.9 Å². The van der Waals surface area contributed by atoms with E-state index in [1.807, 2.05) is 18.2 Å². The summed E-state index contributed by atoms with van der Waals surface area (Å²) in [5, 5.41) is 3.07. The molecule has 2 N–H and O–H groups in total. The highest BCUT2D eigenvalue weighted by atomic mass is 16.1. The highest BCUT2D eigenvalue weighted by Gasteiger charge is 2.14. The number of hydrogen-bond donors (Lipinski definition) is 2. The van der Waals surface area contributed by atoms with E-state index in [2.05, 4.69) is 27.4 Å². The molecule has 1 unspecified atom stereocenters. The Hall–Kier alpha value is -2.10. The lowest BCUT2D eigenvalue weighted by molar-refractivity contribution is 0.0935. The van der Waals surface area contributed by atoms with E-state index in [-0.39, 0.29) is 11.9 Å². The molecule has 4 nitrogen and oxygen atoms in total. The highest BCUT2D eigenvalue weighted by molar-refractivity contribution is 5.97. The molecule has 0 spiro atoms. The standard InChI is InChI=1S/C14H15N3O/c18-14(17-11-4-2-1-3-5-11)10-6-7-12-13(8-10)16-9-15-12/h1-2,6-9,11H,3-5H2,(H,15,16)(H,17,18). The van der Waals surface area contributed by atoms with Gasteiger partial charge in [-0.25, -0.2) is 4.98 Å². The SMILES string of the molecule is O=C(NC1CC=CCC1)c1ccc2nc[nH]c2c1. The molecule has 0 bridgehead atoms. The number of amides is 1. The molecule has 1 aliphatic carbocycles. The van der Waals surface area contributed by atoms with Crippen LogP contribution in [-0.2, 0) is 0 Å². The number of carbonyl (C=O) groups is 1. The van der Waals surface area contributed by atoms with Crippen LogP contribution in [0.25, 0.3) is 11.0 Å². The molecule has 1 amide bonds. The second kappa shape index (κ2) is 4.64. The summed E-state index contributed by atoms with van der Waals surface area (Å²) < 4.78 is 0. The third kappa shape index (κ3) is 2.14. The summed E-state index contributed by atoms with van der Waals surface area (Å²) in [5.74, 6) is -0.00759. The molecule has 0 aliphatic heterocycles. The maximum atomic E-state index is 12.1. The van der Waals surface area contributed by atoms with E-state index in [9.17, 15) is 4.79 Å². The Morgan fingerprint density at radius 3 is 3.17 bits per heavy atom. The smallest absolute Gasteiger partial charge is 0.251 e. The largest absolute Gasteiger partial charge is 0.349 e. The summed E-state index contributed by atoms with van der Waals surface area (Å²) in [6, 6.07) is 5.79. The second-order valence-corrected chi connectivity index (χ2v) is 4.59. The molecule has 0 radical (unpaired) electrons. The lowest BCUT2D eigenvalue weighted by atomic mass is 10.0. The first-order chi connectivity index (χ1) is 8.83. The molecular weight excluding hydrogens is 226 g/mol. The average molecular weight is 241 g/mol. The van der Waals surface area contributed by atoms with Gasteiger partial charge in [-0.3, -0.25) is 4.79 Å². The van der Waals surface area contributed by atoms with Crippen molar-refractivity contribution in [1.29, 1.82) is 0 Å². The van der Waals surface area contributed by atoms with E-state index >= 15 is 0 Å². The van der Waals surface area contributed by atoms with Crippen molar-refractivity contribution in [1.82, 2.24) is 15.3 Å². The average Bonchev–Trinajstić information content (AvgIpc) is 2.87. The van der Waals surface area contributed by atoms with Gasteiger partial charge in [0, 0.05) is 11.6 Å². The second-order valence-electron chi connectivity index (χ2n) is 4.59. The first-order valence-electron chi connectivity index (χ1n) is 6.22. The van der Waals surface area contributed by atoms with Gasteiger partial charge in [0.05, 0.1) is 17.4 Å². The molecule has 3 rings (SSSR count). The van der Waals surface area contributed by atoms with Gasteiger partial charge in [-0.05, 0) is 37.5 Å². The number of carbonyl (C=O) groups excluding carboxylic acids is 1.